The summed E-state index contributed by atoms with van der Waals surface area (Å²) in [6.07, 6.45) is 0. The molecule has 0 spiro atoms. The quantitative estimate of drug-likeness (QED) is 0.0870. The van der Waals surface area contributed by atoms with Gasteiger partial charge in [0.2, 0.25) is 0 Å². The third-order valence-corrected chi connectivity index (χ3v) is 6.46. The minimum atomic E-state index is 0.436. The van der Waals surface area contributed by atoms with Crippen molar-refractivity contribution in [2.24, 2.45) is 0 Å². The maximum absolute atomic E-state index is 5.87. The molecule has 7 heteroatoms. The van der Waals surface area contributed by atoms with Crippen LogP contribution >= 0.6 is 0 Å². The molecule has 0 N–H and O–H groups in total. The second-order valence-corrected chi connectivity index (χ2v) is 9.98. The van der Waals surface area contributed by atoms with E-state index in [1.165, 1.54) is 0 Å². The molecule has 4 aromatic carbocycles. The molecule has 0 fully saturated rings. The monoisotopic (exact) mass is 634 g/mol. The van der Waals surface area contributed by atoms with Crippen LogP contribution in [0.3, 0.4) is 0 Å². The molecule has 4 rings (SSSR count). The number of benzene rings is 4. The predicted molar refractivity (Wildman–Crippen MR) is 183 cm³/mol. The molecule has 0 aliphatic heterocycles. The van der Waals surface area contributed by atoms with E-state index in [0.717, 1.165) is 33.8 Å². The van der Waals surface area contributed by atoms with Crippen molar-refractivity contribution in [1.29, 1.82) is 0 Å². The van der Waals surface area contributed by atoms with Gasteiger partial charge in [0.1, 0.15) is 24.7 Å². The van der Waals surface area contributed by atoms with E-state index in [9.17, 15) is 0 Å². The van der Waals surface area contributed by atoms with Crippen LogP contribution in [-0.4, -0.2) is 79.3 Å². The average Bonchev–Trinajstić information content (AvgIpc) is 3.12. The highest BCUT2D eigenvalue weighted by Gasteiger charge is 2.02. The summed E-state index contributed by atoms with van der Waals surface area (Å²) in [5.74, 6) is 14.2. The van der Waals surface area contributed by atoms with Crippen LogP contribution in [0.2, 0.25) is 0 Å². The Bertz CT molecular complexity index is 1420. The Morgan fingerprint density at radius 2 is 0.596 bits per heavy atom. The van der Waals surface area contributed by atoms with Gasteiger partial charge in [0, 0.05) is 11.1 Å². The highest BCUT2D eigenvalue weighted by atomic mass is 16.6. The van der Waals surface area contributed by atoms with E-state index in [2.05, 4.69) is 23.7 Å². The van der Waals surface area contributed by atoms with E-state index < -0.39 is 0 Å². The zero-order chi connectivity index (χ0) is 32.5. The summed E-state index contributed by atoms with van der Waals surface area (Å²) in [6, 6.07) is 35.3. The van der Waals surface area contributed by atoms with Crippen LogP contribution in [0, 0.1) is 23.7 Å². The van der Waals surface area contributed by atoms with Crippen LogP contribution in [0.5, 0.6) is 11.5 Å². The third-order valence-electron chi connectivity index (χ3n) is 6.46. The molecular weight excluding hydrogens is 592 g/mol. The standard InChI is InChI=1S/C40H42O7/c1-3-11-35(12-4-1)19-21-37-15-7-9-17-39(37)46-33-31-44-29-27-42-25-23-41-24-26-43-28-30-45-32-34-47-40-18-10-8-16-38(40)22-20-36-13-5-2-6-14-36/h1-18H,23-34H2. The molecule has 0 aliphatic rings. The van der Waals surface area contributed by atoms with Crippen molar-refractivity contribution in [1.82, 2.24) is 0 Å². The Morgan fingerprint density at radius 3 is 0.957 bits per heavy atom. The second-order valence-electron chi connectivity index (χ2n) is 9.98. The van der Waals surface area contributed by atoms with Crippen molar-refractivity contribution in [2.45, 2.75) is 0 Å². The summed E-state index contributed by atoms with van der Waals surface area (Å²) in [7, 11) is 0. The first-order valence-electron chi connectivity index (χ1n) is 15.8. The molecule has 0 radical (unpaired) electrons. The van der Waals surface area contributed by atoms with Gasteiger partial charge >= 0.3 is 0 Å². The van der Waals surface area contributed by atoms with Gasteiger partial charge in [-0.05, 0) is 48.5 Å². The lowest BCUT2D eigenvalue weighted by Gasteiger charge is -2.10. The smallest absolute Gasteiger partial charge is 0.135 e. The van der Waals surface area contributed by atoms with Gasteiger partial charge in [-0.25, -0.2) is 0 Å². The normalized spacial score (nSPS) is 10.4. The lowest BCUT2D eigenvalue weighted by Crippen LogP contribution is -2.15. The summed E-state index contributed by atoms with van der Waals surface area (Å²) in [4.78, 5) is 0. The molecule has 4 aromatic rings. The number of hydrogen-bond acceptors (Lipinski definition) is 7. The molecule has 0 amide bonds. The molecule has 47 heavy (non-hydrogen) atoms. The fourth-order valence-corrected chi connectivity index (χ4v) is 4.12. The topological polar surface area (TPSA) is 64.6 Å². The second kappa shape index (κ2) is 22.8. The molecule has 0 heterocycles. The predicted octanol–water partition coefficient (Wildman–Crippen LogP) is 6.03. The SMILES string of the molecule is C(#Cc1ccccc1OCCOCCOCCOCCOCCOCCOc1ccccc1C#Cc1ccccc1)c1ccccc1. The fourth-order valence-electron chi connectivity index (χ4n) is 4.12. The average molecular weight is 635 g/mol. The van der Waals surface area contributed by atoms with Crippen molar-refractivity contribution in [2.75, 3.05) is 79.3 Å². The number of ether oxygens (including phenoxy) is 7. The van der Waals surface area contributed by atoms with E-state index in [4.69, 9.17) is 33.2 Å². The summed E-state index contributed by atoms with van der Waals surface area (Å²) in [5.41, 5.74) is 3.63. The summed E-state index contributed by atoms with van der Waals surface area (Å²) < 4.78 is 39.6. The Kier molecular flexibility index (Phi) is 17.1. The zero-order valence-corrected chi connectivity index (χ0v) is 26.7. The first kappa shape index (κ1) is 35.3. The van der Waals surface area contributed by atoms with Crippen molar-refractivity contribution in [3.63, 3.8) is 0 Å². The van der Waals surface area contributed by atoms with Gasteiger partial charge in [0.05, 0.1) is 77.2 Å². The van der Waals surface area contributed by atoms with E-state index >= 15 is 0 Å². The van der Waals surface area contributed by atoms with E-state index in [-0.39, 0.29) is 0 Å². The van der Waals surface area contributed by atoms with Crippen LogP contribution in [0.15, 0.2) is 109 Å². The molecule has 0 atom stereocenters. The van der Waals surface area contributed by atoms with Crippen molar-refractivity contribution in [3.8, 4) is 35.2 Å². The largest absolute Gasteiger partial charge is 0.490 e. The third kappa shape index (κ3) is 15.0. The van der Waals surface area contributed by atoms with Crippen LogP contribution in [-0.2, 0) is 23.7 Å². The molecule has 0 saturated carbocycles. The molecule has 244 valence electrons. The van der Waals surface area contributed by atoms with Crippen molar-refractivity contribution >= 4 is 0 Å². The van der Waals surface area contributed by atoms with Gasteiger partial charge in [0.25, 0.3) is 0 Å². The van der Waals surface area contributed by atoms with E-state index in [0.29, 0.717) is 79.3 Å². The van der Waals surface area contributed by atoms with Gasteiger partial charge in [-0.1, -0.05) is 84.3 Å². The Morgan fingerprint density at radius 1 is 0.298 bits per heavy atom. The van der Waals surface area contributed by atoms with Crippen LogP contribution in [0.1, 0.15) is 22.3 Å². The molecule has 0 unspecified atom stereocenters. The molecule has 0 bridgehead atoms. The van der Waals surface area contributed by atoms with Gasteiger partial charge < -0.3 is 33.2 Å². The van der Waals surface area contributed by atoms with Gasteiger partial charge in [-0.3, -0.25) is 0 Å². The van der Waals surface area contributed by atoms with Gasteiger partial charge in [0.15, 0.2) is 0 Å². The summed E-state index contributed by atoms with van der Waals surface area (Å²) in [6.45, 7) is 5.76. The first-order chi connectivity index (χ1) is 23.4. The van der Waals surface area contributed by atoms with E-state index in [1.807, 2.05) is 109 Å². The van der Waals surface area contributed by atoms with Gasteiger partial charge in [-0.15, -0.1) is 0 Å². The number of hydrogen-bond donors (Lipinski definition) is 0. The molecule has 0 saturated heterocycles. The van der Waals surface area contributed by atoms with Crippen LogP contribution < -0.4 is 9.47 Å². The molecule has 7 nitrogen and oxygen atoms in total. The number of rotatable bonds is 20. The summed E-state index contributed by atoms with van der Waals surface area (Å²) >= 11 is 0. The summed E-state index contributed by atoms with van der Waals surface area (Å²) in [5, 5.41) is 0. The highest BCUT2D eigenvalue weighted by Crippen LogP contribution is 2.18. The Labute approximate surface area is 278 Å². The van der Waals surface area contributed by atoms with Crippen LogP contribution in [0.25, 0.3) is 0 Å². The Balaban J connectivity index is 0.917. The molecule has 0 aliphatic carbocycles. The zero-order valence-electron chi connectivity index (χ0n) is 26.7. The van der Waals surface area contributed by atoms with Crippen molar-refractivity contribution in [3.05, 3.63) is 131 Å². The minimum absolute atomic E-state index is 0.436. The lowest BCUT2D eigenvalue weighted by atomic mass is 10.1. The number of para-hydroxylation sites is 2. The lowest BCUT2D eigenvalue weighted by molar-refractivity contribution is -0.0141. The van der Waals surface area contributed by atoms with Crippen LogP contribution in [0.4, 0.5) is 0 Å². The highest BCUT2D eigenvalue weighted by molar-refractivity contribution is 5.50. The van der Waals surface area contributed by atoms with Crippen molar-refractivity contribution < 1.29 is 33.2 Å². The van der Waals surface area contributed by atoms with Gasteiger partial charge in [-0.2, -0.15) is 0 Å². The fraction of sp³-hybridized carbons (Fsp3) is 0.300. The molecule has 0 aromatic heterocycles. The van der Waals surface area contributed by atoms with E-state index in [1.54, 1.807) is 0 Å². The maximum Gasteiger partial charge on any atom is 0.135 e. The maximum atomic E-state index is 5.87. The first-order valence-corrected chi connectivity index (χ1v) is 15.8. The minimum Gasteiger partial charge on any atom is -0.490 e. The molecular formula is C40H42O7. The Hall–Kier alpha value is -4.60.